The van der Waals surface area contributed by atoms with Crippen LogP contribution in [0.4, 0.5) is 5.95 Å². The van der Waals surface area contributed by atoms with Crippen LogP contribution in [0.15, 0.2) is 18.5 Å². The van der Waals surface area contributed by atoms with Gasteiger partial charge in [0.25, 0.3) is 5.91 Å². The van der Waals surface area contributed by atoms with Gasteiger partial charge in [-0.15, -0.1) is 0 Å². The molecule has 3 heterocycles. The molecule has 96 valence electrons. The Kier molecular flexibility index (Phi) is 3.10. The van der Waals surface area contributed by atoms with Gasteiger partial charge >= 0.3 is 0 Å². The molecule has 0 radical (unpaired) electrons. The number of aromatic nitrogens is 2. The number of hydrogen-bond donors (Lipinski definition) is 1. The molecule has 1 amide bonds. The predicted molar refractivity (Wildman–Crippen MR) is 65.0 cm³/mol. The van der Waals surface area contributed by atoms with E-state index in [4.69, 9.17) is 4.74 Å². The van der Waals surface area contributed by atoms with Gasteiger partial charge in [0.05, 0.1) is 6.04 Å². The number of carbonyl (C=O) groups is 1. The van der Waals surface area contributed by atoms with Gasteiger partial charge in [-0.05, 0) is 18.9 Å². The maximum atomic E-state index is 12.0. The standard InChI is InChI=1S/C12H16N4O2/c17-11(10-3-1-6-18-10)16-7-9(8-16)15-12-13-4-2-5-14-12/h2,4-5,9-10H,1,3,6-8H2,(H,13,14,15)/t10-/m0/s1. The summed E-state index contributed by atoms with van der Waals surface area (Å²) in [5, 5.41) is 3.20. The number of nitrogens with one attached hydrogen (secondary N) is 1. The number of likely N-dealkylation sites (tertiary alicyclic amines) is 1. The van der Waals surface area contributed by atoms with E-state index in [1.165, 1.54) is 0 Å². The second-order valence-electron chi connectivity index (χ2n) is 4.66. The number of anilines is 1. The average molecular weight is 248 g/mol. The van der Waals surface area contributed by atoms with E-state index < -0.39 is 0 Å². The highest BCUT2D eigenvalue weighted by atomic mass is 16.5. The number of rotatable bonds is 3. The maximum Gasteiger partial charge on any atom is 0.251 e. The quantitative estimate of drug-likeness (QED) is 0.832. The first kappa shape index (κ1) is 11.4. The number of amides is 1. The molecule has 1 aromatic heterocycles. The van der Waals surface area contributed by atoms with Gasteiger partial charge < -0.3 is 15.0 Å². The Morgan fingerprint density at radius 3 is 2.83 bits per heavy atom. The Morgan fingerprint density at radius 2 is 2.17 bits per heavy atom. The van der Waals surface area contributed by atoms with Crippen molar-refractivity contribution in [2.24, 2.45) is 0 Å². The minimum atomic E-state index is -0.209. The fourth-order valence-corrected chi connectivity index (χ4v) is 2.28. The largest absolute Gasteiger partial charge is 0.368 e. The van der Waals surface area contributed by atoms with E-state index in [1.54, 1.807) is 18.5 Å². The Bertz CT molecular complexity index is 413. The summed E-state index contributed by atoms with van der Waals surface area (Å²) in [4.78, 5) is 22.0. The Balaban J connectivity index is 1.47. The number of carbonyl (C=O) groups excluding carboxylic acids is 1. The molecule has 2 saturated heterocycles. The van der Waals surface area contributed by atoms with Crippen LogP contribution in [0.5, 0.6) is 0 Å². The summed E-state index contributed by atoms with van der Waals surface area (Å²) < 4.78 is 5.39. The topological polar surface area (TPSA) is 67.3 Å². The summed E-state index contributed by atoms with van der Waals surface area (Å²) >= 11 is 0. The fraction of sp³-hybridized carbons (Fsp3) is 0.583. The Labute approximate surface area is 105 Å². The van der Waals surface area contributed by atoms with Crippen molar-refractivity contribution in [3.05, 3.63) is 18.5 Å². The van der Waals surface area contributed by atoms with Crippen LogP contribution in [-0.4, -0.2) is 52.6 Å². The van der Waals surface area contributed by atoms with E-state index in [1.807, 2.05) is 4.90 Å². The van der Waals surface area contributed by atoms with Gasteiger partial charge in [-0.1, -0.05) is 0 Å². The smallest absolute Gasteiger partial charge is 0.251 e. The highest BCUT2D eigenvalue weighted by molar-refractivity contribution is 5.82. The third-order valence-electron chi connectivity index (χ3n) is 3.30. The predicted octanol–water partition coefficient (Wildman–Crippen LogP) is 0.278. The van der Waals surface area contributed by atoms with E-state index in [9.17, 15) is 4.79 Å². The summed E-state index contributed by atoms with van der Waals surface area (Å²) in [5.41, 5.74) is 0. The summed E-state index contributed by atoms with van der Waals surface area (Å²) in [6, 6.07) is 2.02. The first-order valence-electron chi connectivity index (χ1n) is 6.27. The third-order valence-corrected chi connectivity index (χ3v) is 3.30. The van der Waals surface area contributed by atoms with Gasteiger partial charge in [0.2, 0.25) is 5.95 Å². The van der Waals surface area contributed by atoms with Crippen LogP contribution in [0.3, 0.4) is 0 Å². The zero-order valence-electron chi connectivity index (χ0n) is 10.1. The summed E-state index contributed by atoms with van der Waals surface area (Å²) in [6.07, 6.45) is 5.03. The van der Waals surface area contributed by atoms with Crippen molar-refractivity contribution in [3.8, 4) is 0 Å². The van der Waals surface area contributed by atoms with E-state index >= 15 is 0 Å². The molecule has 0 unspecified atom stereocenters. The first-order valence-corrected chi connectivity index (χ1v) is 6.27. The number of hydrogen-bond acceptors (Lipinski definition) is 5. The molecule has 2 aliphatic rings. The van der Waals surface area contributed by atoms with E-state index in [0.717, 1.165) is 12.8 Å². The molecule has 0 saturated carbocycles. The summed E-state index contributed by atoms with van der Waals surface area (Å²) in [7, 11) is 0. The first-order chi connectivity index (χ1) is 8.83. The molecule has 18 heavy (non-hydrogen) atoms. The van der Waals surface area contributed by atoms with Gasteiger partial charge in [0, 0.05) is 32.1 Å². The lowest BCUT2D eigenvalue weighted by Gasteiger charge is -2.40. The second kappa shape index (κ2) is 4.89. The minimum absolute atomic E-state index is 0.125. The summed E-state index contributed by atoms with van der Waals surface area (Å²) in [6.45, 7) is 2.12. The second-order valence-corrected chi connectivity index (χ2v) is 4.66. The van der Waals surface area contributed by atoms with Crippen molar-refractivity contribution in [2.45, 2.75) is 25.0 Å². The van der Waals surface area contributed by atoms with Crippen molar-refractivity contribution in [3.63, 3.8) is 0 Å². The number of ether oxygens (including phenoxy) is 1. The highest BCUT2D eigenvalue weighted by Crippen LogP contribution is 2.19. The lowest BCUT2D eigenvalue weighted by atomic mass is 10.1. The molecule has 1 atom stereocenters. The third kappa shape index (κ3) is 2.28. The van der Waals surface area contributed by atoms with Crippen LogP contribution in [0.25, 0.3) is 0 Å². The molecule has 1 N–H and O–H groups in total. The van der Waals surface area contributed by atoms with Crippen LogP contribution in [-0.2, 0) is 9.53 Å². The average Bonchev–Trinajstić information content (AvgIpc) is 2.87. The molecule has 2 aliphatic heterocycles. The molecule has 0 aliphatic carbocycles. The van der Waals surface area contributed by atoms with Crippen molar-refractivity contribution in [1.82, 2.24) is 14.9 Å². The lowest BCUT2D eigenvalue weighted by Crippen LogP contribution is -2.59. The van der Waals surface area contributed by atoms with Gasteiger partial charge in [0.1, 0.15) is 6.10 Å². The van der Waals surface area contributed by atoms with Crippen LogP contribution in [0, 0.1) is 0 Å². The number of nitrogens with zero attached hydrogens (tertiary/aromatic N) is 3. The monoisotopic (exact) mass is 248 g/mol. The van der Waals surface area contributed by atoms with Gasteiger partial charge in [-0.3, -0.25) is 4.79 Å². The van der Waals surface area contributed by atoms with Crippen molar-refractivity contribution >= 4 is 11.9 Å². The van der Waals surface area contributed by atoms with Gasteiger partial charge in [-0.25, -0.2) is 9.97 Å². The molecule has 6 heteroatoms. The van der Waals surface area contributed by atoms with E-state index in [0.29, 0.717) is 25.6 Å². The SMILES string of the molecule is O=C([C@@H]1CCCO1)N1CC(Nc2ncccn2)C1. The molecule has 0 spiro atoms. The summed E-state index contributed by atoms with van der Waals surface area (Å²) in [5.74, 6) is 0.742. The van der Waals surface area contributed by atoms with Gasteiger partial charge in [0.15, 0.2) is 0 Å². The molecule has 6 nitrogen and oxygen atoms in total. The Morgan fingerprint density at radius 1 is 1.39 bits per heavy atom. The van der Waals surface area contributed by atoms with Crippen LogP contribution < -0.4 is 5.32 Å². The molecular formula is C12H16N4O2. The van der Waals surface area contributed by atoms with Crippen molar-refractivity contribution in [2.75, 3.05) is 25.0 Å². The van der Waals surface area contributed by atoms with E-state index in [-0.39, 0.29) is 18.1 Å². The van der Waals surface area contributed by atoms with Crippen LogP contribution in [0.1, 0.15) is 12.8 Å². The highest BCUT2D eigenvalue weighted by Gasteiger charge is 2.36. The normalized spacial score (nSPS) is 23.8. The zero-order chi connectivity index (χ0) is 12.4. The Hall–Kier alpha value is -1.69. The van der Waals surface area contributed by atoms with Gasteiger partial charge in [-0.2, -0.15) is 0 Å². The molecule has 3 rings (SSSR count). The molecule has 0 bridgehead atoms. The lowest BCUT2D eigenvalue weighted by molar-refractivity contribution is -0.145. The van der Waals surface area contributed by atoms with Crippen LogP contribution >= 0.6 is 0 Å². The van der Waals surface area contributed by atoms with Crippen LogP contribution in [0.2, 0.25) is 0 Å². The van der Waals surface area contributed by atoms with Crippen molar-refractivity contribution in [1.29, 1.82) is 0 Å². The molecular weight excluding hydrogens is 232 g/mol. The molecule has 0 aromatic carbocycles. The minimum Gasteiger partial charge on any atom is -0.368 e. The fourth-order valence-electron chi connectivity index (χ4n) is 2.28. The zero-order valence-corrected chi connectivity index (χ0v) is 10.1. The molecule has 1 aromatic rings. The molecule has 2 fully saturated rings. The van der Waals surface area contributed by atoms with Crippen molar-refractivity contribution < 1.29 is 9.53 Å². The van der Waals surface area contributed by atoms with E-state index in [2.05, 4.69) is 15.3 Å². The maximum absolute atomic E-state index is 12.0.